The summed E-state index contributed by atoms with van der Waals surface area (Å²) in [6, 6.07) is -0.273. The summed E-state index contributed by atoms with van der Waals surface area (Å²) < 4.78 is 11.0. The highest BCUT2D eigenvalue weighted by atomic mass is 16.8. The Bertz CT molecular complexity index is 266. The monoisotopic (exact) mass is 200 g/mol. The predicted molar refractivity (Wildman–Crippen MR) is 44.9 cm³/mol. The molecule has 2 rings (SSSR count). The Morgan fingerprint density at radius 1 is 1.43 bits per heavy atom. The quantitative estimate of drug-likeness (QED) is 0.563. The highest BCUT2D eigenvalue weighted by Gasteiger charge is 2.53. The molecule has 2 fully saturated rings. The molecule has 0 aromatic rings. The number of ether oxygens (including phenoxy) is 2. The Morgan fingerprint density at radius 2 is 2.00 bits per heavy atom. The van der Waals surface area contributed by atoms with Crippen LogP contribution in [-0.4, -0.2) is 30.0 Å². The van der Waals surface area contributed by atoms with Crippen molar-refractivity contribution in [1.82, 2.24) is 0 Å². The zero-order valence-electron chi connectivity index (χ0n) is 8.23. The molecule has 0 spiro atoms. The summed E-state index contributed by atoms with van der Waals surface area (Å²) in [6.07, 6.45) is -0.397. The van der Waals surface area contributed by atoms with Crippen LogP contribution in [0.25, 0.3) is 0 Å². The van der Waals surface area contributed by atoms with E-state index >= 15 is 0 Å². The van der Waals surface area contributed by atoms with Gasteiger partial charge in [0, 0.05) is 17.9 Å². The molecule has 0 aromatic carbocycles. The van der Waals surface area contributed by atoms with Crippen molar-refractivity contribution >= 4 is 5.97 Å². The van der Waals surface area contributed by atoms with Gasteiger partial charge in [-0.25, -0.2) is 0 Å². The van der Waals surface area contributed by atoms with Crippen molar-refractivity contribution in [1.29, 1.82) is 0 Å². The van der Waals surface area contributed by atoms with Crippen LogP contribution in [0.4, 0.5) is 0 Å². The van der Waals surface area contributed by atoms with Gasteiger partial charge in [0.25, 0.3) is 0 Å². The lowest BCUT2D eigenvalue weighted by Gasteiger charge is -2.22. The number of carboxylic acid groups (broad SMARTS) is 1. The Hall–Kier alpha value is -0.650. The molecule has 2 aliphatic rings. The van der Waals surface area contributed by atoms with E-state index in [1.165, 1.54) is 0 Å². The first kappa shape index (κ1) is 9.89. The standard InChI is InChI=1S/C9H15NO4/c1-9(2)13-6-4(8(11)12)3-5(10)7(6)14-9/h4-7H,3,10H2,1-2H3,(H,11,12)/p-1/t4-,5+,6+,7-/m0/s1. The van der Waals surface area contributed by atoms with Crippen LogP contribution in [0.15, 0.2) is 0 Å². The van der Waals surface area contributed by atoms with E-state index in [4.69, 9.17) is 15.2 Å². The van der Waals surface area contributed by atoms with E-state index in [0.717, 1.165) is 0 Å². The fourth-order valence-corrected chi connectivity index (χ4v) is 2.25. The molecule has 14 heavy (non-hydrogen) atoms. The lowest BCUT2D eigenvalue weighted by molar-refractivity contribution is -0.314. The summed E-state index contributed by atoms with van der Waals surface area (Å²) in [7, 11) is 0. The molecule has 1 saturated heterocycles. The zero-order chi connectivity index (χ0) is 10.5. The third-order valence-corrected chi connectivity index (χ3v) is 2.81. The minimum atomic E-state index is -1.10. The first-order valence-corrected chi connectivity index (χ1v) is 4.73. The van der Waals surface area contributed by atoms with Crippen molar-refractivity contribution in [2.24, 2.45) is 11.7 Å². The average molecular weight is 200 g/mol. The van der Waals surface area contributed by atoms with E-state index in [9.17, 15) is 9.90 Å². The maximum Gasteiger partial charge on any atom is 0.163 e. The molecule has 1 aliphatic carbocycles. The molecule has 5 nitrogen and oxygen atoms in total. The maximum atomic E-state index is 10.8. The van der Waals surface area contributed by atoms with Crippen LogP contribution >= 0.6 is 0 Å². The molecule has 2 N–H and O–H groups in total. The summed E-state index contributed by atoms with van der Waals surface area (Å²) in [6.45, 7) is 3.51. The van der Waals surface area contributed by atoms with Gasteiger partial charge in [0.05, 0.1) is 6.10 Å². The summed E-state index contributed by atoms with van der Waals surface area (Å²) in [5.41, 5.74) is 5.77. The largest absolute Gasteiger partial charge is 0.550 e. The summed E-state index contributed by atoms with van der Waals surface area (Å²) in [5.74, 6) is -2.48. The first-order chi connectivity index (χ1) is 6.41. The second-order valence-corrected chi connectivity index (χ2v) is 4.39. The molecule has 0 bridgehead atoms. The second-order valence-electron chi connectivity index (χ2n) is 4.39. The van der Waals surface area contributed by atoms with Crippen molar-refractivity contribution in [3.63, 3.8) is 0 Å². The molecule has 0 aromatic heterocycles. The molecule has 0 amide bonds. The molecule has 0 unspecified atom stereocenters. The number of carboxylic acids is 1. The van der Waals surface area contributed by atoms with E-state index in [2.05, 4.69) is 0 Å². The minimum Gasteiger partial charge on any atom is -0.550 e. The van der Waals surface area contributed by atoms with Crippen molar-refractivity contribution in [2.45, 2.75) is 44.3 Å². The van der Waals surface area contributed by atoms with E-state index in [1.54, 1.807) is 13.8 Å². The third-order valence-electron chi connectivity index (χ3n) is 2.81. The highest BCUT2D eigenvalue weighted by molar-refractivity contribution is 5.69. The van der Waals surface area contributed by atoms with Gasteiger partial charge in [-0.3, -0.25) is 0 Å². The van der Waals surface area contributed by atoms with Crippen molar-refractivity contribution in [3.8, 4) is 0 Å². The van der Waals surface area contributed by atoms with Gasteiger partial charge < -0.3 is 25.1 Å². The predicted octanol–water partition coefficient (Wildman–Crippen LogP) is -1.40. The Labute approximate surface area is 82.2 Å². The molecule has 1 saturated carbocycles. The van der Waals surface area contributed by atoms with E-state index in [0.29, 0.717) is 6.42 Å². The summed E-state index contributed by atoms with van der Waals surface area (Å²) in [5, 5.41) is 10.8. The fraction of sp³-hybridized carbons (Fsp3) is 0.889. The van der Waals surface area contributed by atoms with Crippen LogP contribution in [-0.2, 0) is 14.3 Å². The van der Waals surface area contributed by atoms with Crippen LogP contribution in [0.5, 0.6) is 0 Å². The molecule has 1 aliphatic heterocycles. The SMILES string of the molecule is CC1(C)O[C@@H]2[C@H](O1)[C@@H](C(=O)[O-])C[C@H]2N. The number of carbonyl (C=O) groups excluding carboxylic acids is 1. The number of fused-ring (bicyclic) bond motifs is 1. The van der Waals surface area contributed by atoms with E-state index in [1.807, 2.05) is 0 Å². The first-order valence-electron chi connectivity index (χ1n) is 4.73. The zero-order valence-corrected chi connectivity index (χ0v) is 8.23. The third kappa shape index (κ3) is 1.41. The van der Waals surface area contributed by atoms with Crippen LogP contribution in [0.3, 0.4) is 0 Å². The molecule has 0 radical (unpaired) electrons. The molecule has 5 heteroatoms. The Balaban J connectivity index is 2.19. The van der Waals surface area contributed by atoms with Crippen LogP contribution in [0.1, 0.15) is 20.3 Å². The number of hydrogen-bond donors (Lipinski definition) is 1. The van der Waals surface area contributed by atoms with E-state index < -0.39 is 23.8 Å². The van der Waals surface area contributed by atoms with Crippen LogP contribution < -0.4 is 10.8 Å². The molecular weight excluding hydrogens is 186 g/mol. The van der Waals surface area contributed by atoms with Gasteiger partial charge in [-0.15, -0.1) is 0 Å². The Morgan fingerprint density at radius 3 is 2.57 bits per heavy atom. The second kappa shape index (κ2) is 2.92. The molecular formula is C9H14NO4-. The van der Waals surface area contributed by atoms with Gasteiger partial charge >= 0.3 is 0 Å². The lowest BCUT2D eigenvalue weighted by atomic mass is 10.1. The average Bonchev–Trinajstić information content (AvgIpc) is 2.47. The molecule has 1 heterocycles. The van der Waals surface area contributed by atoms with Crippen LogP contribution in [0.2, 0.25) is 0 Å². The maximum absolute atomic E-state index is 10.8. The van der Waals surface area contributed by atoms with Crippen molar-refractivity contribution < 1.29 is 19.4 Å². The van der Waals surface area contributed by atoms with Crippen molar-refractivity contribution in [3.05, 3.63) is 0 Å². The fourth-order valence-electron chi connectivity index (χ4n) is 2.25. The number of aliphatic carboxylic acids is 1. The summed E-state index contributed by atoms with van der Waals surface area (Å²) in [4.78, 5) is 10.8. The molecule has 80 valence electrons. The number of carbonyl (C=O) groups is 1. The number of hydrogen-bond acceptors (Lipinski definition) is 5. The van der Waals surface area contributed by atoms with Gasteiger partial charge in [0.1, 0.15) is 6.10 Å². The van der Waals surface area contributed by atoms with Crippen LogP contribution in [0, 0.1) is 5.92 Å². The van der Waals surface area contributed by atoms with Gasteiger partial charge in [-0.2, -0.15) is 0 Å². The van der Waals surface area contributed by atoms with Gasteiger partial charge in [0.2, 0.25) is 0 Å². The van der Waals surface area contributed by atoms with E-state index in [-0.39, 0.29) is 12.1 Å². The normalized spacial score (nSPS) is 45.1. The topological polar surface area (TPSA) is 84.6 Å². The lowest BCUT2D eigenvalue weighted by Crippen LogP contribution is -2.38. The van der Waals surface area contributed by atoms with Gasteiger partial charge in [0.15, 0.2) is 5.79 Å². The molecule has 4 atom stereocenters. The highest BCUT2D eigenvalue weighted by Crippen LogP contribution is 2.40. The minimum absolute atomic E-state index is 0.273. The van der Waals surface area contributed by atoms with Gasteiger partial charge in [-0.05, 0) is 20.3 Å². The van der Waals surface area contributed by atoms with Crippen molar-refractivity contribution in [2.75, 3.05) is 0 Å². The number of nitrogens with two attached hydrogens (primary N) is 1. The Kier molecular flexibility index (Phi) is 2.06. The smallest absolute Gasteiger partial charge is 0.163 e. The number of rotatable bonds is 1. The van der Waals surface area contributed by atoms with Gasteiger partial charge in [-0.1, -0.05) is 0 Å². The summed E-state index contributed by atoms with van der Waals surface area (Å²) >= 11 is 0.